The normalized spacial score (nSPS) is 14.3. The van der Waals surface area contributed by atoms with E-state index in [1.807, 2.05) is 13.8 Å². The second-order valence-electron chi connectivity index (χ2n) is 4.77. The molecule has 5 heteroatoms. The summed E-state index contributed by atoms with van der Waals surface area (Å²) >= 11 is 5.78. The standard InChI is InChI=1S/C14H19ClFNO2/c1-5-19-13(18)14(4,17-9(2)3)10-6-7-12(16)11(15)8-10/h6-9,17H,5H2,1-4H3. The Bertz CT molecular complexity index is 465. The van der Waals surface area contributed by atoms with Crippen LogP contribution in [-0.2, 0) is 15.1 Å². The summed E-state index contributed by atoms with van der Waals surface area (Å²) in [6.45, 7) is 7.56. The van der Waals surface area contributed by atoms with Gasteiger partial charge in [0.2, 0.25) is 0 Å². The van der Waals surface area contributed by atoms with Gasteiger partial charge in [-0.25, -0.2) is 9.18 Å². The van der Waals surface area contributed by atoms with Crippen molar-refractivity contribution in [2.24, 2.45) is 0 Å². The first-order chi connectivity index (χ1) is 8.81. The van der Waals surface area contributed by atoms with E-state index in [-0.39, 0.29) is 17.7 Å². The van der Waals surface area contributed by atoms with E-state index in [9.17, 15) is 9.18 Å². The van der Waals surface area contributed by atoms with E-state index in [4.69, 9.17) is 16.3 Å². The molecule has 1 aromatic rings. The van der Waals surface area contributed by atoms with Crippen LogP contribution < -0.4 is 5.32 Å². The van der Waals surface area contributed by atoms with Crippen molar-refractivity contribution >= 4 is 17.6 Å². The molecule has 0 aliphatic rings. The van der Waals surface area contributed by atoms with Gasteiger partial charge in [-0.15, -0.1) is 0 Å². The van der Waals surface area contributed by atoms with Crippen molar-refractivity contribution in [3.8, 4) is 0 Å². The lowest BCUT2D eigenvalue weighted by molar-refractivity contribution is -0.151. The lowest BCUT2D eigenvalue weighted by Crippen LogP contribution is -2.50. The van der Waals surface area contributed by atoms with E-state index in [2.05, 4.69) is 5.32 Å². The third-order valence-corrected chi connectivity index (χ3v) is 3.05. The van der Waals surface area contributed by atoms with Crippen LogP contribution in [0, 0.1) is 5.82 Å². The highest BCUT2D eigenvalue weighted by Crippen LogP contribution is 2.27. The first-order valence-electron chi connectivity index (χ1n) is 6.21. The van der Waals surface area contributed by atoms with Gasteiger partial charge in [-0.05, 0) is 45.4 Å². The summed E-state index contributed by atoms with van der Waals surface area (Å²) in [6.07, 6.45) is 0. The third-order valence-electron chi connectivity index (χ3n) is 2.76. The first-order valence-corrected chi connectivity index (χ1v) is 6.59. The van der Waals surface area contributed by atoms with E-state index in [0.717, 1.165) is 0 Å². The summed E-state index contributed by atoms with van der Waals surface area (Å²) in [6, 6.07) is 4.28. The maximum atomic E-state index is 13.2. The number of nitrogens with one attached hydrogen (secondary N) is 1. The lowest BCUT2D eigenvalue weighted by Gasteiger charge is -2.31. The van der Waals surface area contributed by atoms with Crippen LogP contribution in [0.1, 0.15) is 33.3 Å². The molecule has 1 unspecified atom stereocenters. The number of benzene rings is 1. The number of ether oxygens (including phenoxy) is 1. The van der Waals surface area contributed by atoms with Crippen molar-refractivity contribution in [3.63, 3.8) is 0 Å². The maximum absolute atomic E-state index is 13.2. The smallest absolute Gasteiger partial charge is 0.330 e. The Labute approximate surface area is 118 Å². The molecule has 0 aliphatic carbocycles. The molecule has 1 N–H and O–H groups in total. The van der Waals surface area contributed by atoms with Gasteiger partial charge in [-0.1, -0.05) is 17.7 Å². The van der Waals surface area contributed by atoms with E-state index in [1.165, 1.54) is 18.2 Å². The molecule has 1 aromatic carbocycles. The van der Waals surface area contributed by atoms with Crippen molar-refractivity contribution in [1.82, 2.24) is 5.32 Å². The minimum absolute atomic E-state index is 0.0152. The van der Waals surface area contributed by atoms with E-state index in [1.54, 1.807) is 13.8 Å². The fourth-order valence-electron chi connectivity index (χ4n) is 1.92. The minimum atomic E-state index is -1.05. The van der Waals surface area contributed by atoms with Gasteiger partial charge in [0.05, 0.1) is 11.6 Å². The van der Waals surface area contributed by atoms with E-state index >= 15 is 0 Å². The number of carbonyl (C=O) groups excluding carboxylic acids is 1. The molecule has 0 fully saturated rings. The van der Waals surface area contributed by atoms with Crippen LogP contribution in [0.4, 0.5) is 4.39 Å². The fraction of sp³-hybridized carbons (Fsp3) is 0.500. The molecule has 0 radical (unpaired) electrons. The minimum Gasteiger partial charge on any atom is -0.464 e. The highest BCUT2D eigenvalue weighted by atomic mass is 35.5. The highest BCUT2D eigenvalue weighted by molar-refractivity contribution is 6.30. The van der Waals surface area contributed by atoms with Crippen molar-refractivity contribution in [3.05, 3.63) is 34.6 Å². The Morgan fingerprint density at radius 3 is 2.63 bits per heavy atom. The van der Waals surface area contributed by atoms with Crippen LogP contribution in [-0.4, -0.2) is 18.6 Å². The average Bonchev–Trinajstić information content (AvgIpc) is 2.31. The van der Waals surface area contributed by atoms with Gasteiger partial charge in [0.1, 0.15) is 11.4 Å². The molecule has 0 saturated carbocycles. The number of halogens is 2. The van der Waals surface area contributed by atoms with Crippen LogP contribution in [0.5, 0.6) is 0 Å². The number of carbonyl (C=O) groups is 1. The maximum Gasteiger partial charge on any atom is 0.330 e. The van der Waals surface area contributed by atoms with Crippen molar-refractivity contribution in [2.75, 3.05) is 6.61 Å². The van der Waals surface area contributed by atoms with Crippen LogP contribution >= 0.6 is 11.6 Å². The van der Waals surface area contributed by atoms with Gasteiger partial charge in [-0.3, -0.25) is 5.32 Å². The molecule has 0 aromatic heterocycles. The molecule has 1 atom stereocenters. The van der Waals surface area contributed by atoms with Gasteiger partial charge in [0.25, 0.3) is 0 Å². The topological polar surface area (TPSA) is 38.3 Å². The molecule has 19 heavy (non-hydrogen) atoms. The number of esters is 1. The Morgan fingerprint density at radius 1 is 1.53 bits per heavy atom. The first kappa shape index (κ1) is 15.9. The van der Waals surface area contributed by atoms with Gasteiger partial charge < -0.3 is 4.74 Å². The Hall–Kier alpha value is -1.13. The fourth-order valence-corrected chi connectivity index (χ4v) is 2.10. The van der Waals surface area contributed by atoms with Crippen LogP contribution in [0.3, 0.4) is 0 Å². The van der Waals surface area contributed by atoms with Gasteiger partial charge in [0.15, 0.2) is 0 Å². The molecule has 0 heterocycles. The molecular formula is C14H19ClFNO2. The third kappa shape index (κ3) is 3.67. The Morgan fingerprint density at radius 2 is 2.16 bits per heavy atom. The molecule has 106 valence electrons. The quantitative estimate of drug-likeness (QED) is 0.845. The largest absolute Gasteiger partial charge is 0.464 e. The average molecular weight is 288 g/mol. The zero-order chi connectivity index (χ0) is 14.6. The van der Waals surface area contributed by atoms with Gasteiger partial charge in [0, 0.05) is 6.04 Å². The molecule has 0 bridgehead atoms. The molecule has 0 spiro atoms. The second kappa shape index (κ2) is 6.35. The van der Waals surface area contributed by atoms with Crippen molar-refractivity contribution < 1.29 is 13.9 Å². The summed E-state index contributed by atoms with van der Waals surface area (Å²) in [4.78, 5) is 12.2. The number of rotatable bonds is 5. The Balaban J connectivity index is 3.21. The van der Waals surface area contributed by atoms with Crippen LogP contribution in [0.2, 0.25) is 5.02 Å². The van der Waals surface area contributed by atoms with Crippen molar-refractivity contribution in [2.45, 2.75) is 39.3 Å². The molecule has 0 saturated heterocycles. The van der Waals surface area contributed by atoms with Crippen molar-refractivity contribution in [1.29, 1.82) is 0 Å². The zero-order valence-electron chi connectivity index (χ0n) is 11.6. The van der Waals surface area contributed by atoms with Gasteiger partial charge >= 0.3 is 5.97 Å². The molecule has 0 aliphatic heterocycles. The molecule has 3 nitrogen and oxygen atoms in total. The number of hydrogen-bond acceptors (Lipinski definition) is 3. The zero-order valence-corrected chi connectivity index (χ0v) is 12.3. The van der Waals surface area contributed by atoms with Gasteiger partial charge in [-0.2, -0.15) is 0 Å². The summed E-state index contributed by atoms with van der Waals surface area (Å²) in [7, 11) is 0. The molecule has 0 amide bonds. The predicted octanol–water partition coefficient (Wildman–Crippen LogP) is 3.26. The molecular weight excluding hydrogens is 269 g/mol. The molecule has 1 rings (SSSR count). The summed E-state index contributed by atoms with van der Waals surface area (Å²) in [5.74, 6) is -0.924. The summed E-state index contributed by atoms with van der Waals surface area (Å²) in [5.41, 5.74) is -0.479. The summed E-state index contributed by atoms with van der Waals surface area (Å²) < 4.78 is 18.3. The monoisotopic (exact) mass is 287 g/mol. The SMILES string of the molecule is CCOC(=O)C(C)(NC(C)C)c1ccc(F)c(Cl)c1. The summed E-state index contributed by atoms with van der Waals surface area (Å²) in [5, 5.41) is 3.13. The number of hydrogen-bond donors (Lipinski definition) is 1. The van der Waals surface area contributed by atoms with Crippen LogP contribution in [0.25, 0.3) is 0 Å². The van der Waals surface area contributed by atoms with E-state index in [0.29, 0.717) is 5.56 Å². The highest BCUT2D eigenvalue weighted by Gasteiger charge is 2.37. The van der Waals surface area contributed by atoms with E-state index < -0.39 is 17.3 Å². The second-order valence-corrected chi connectivity index (χ2v) is 5.18. The van der Waals surface area contributed by atoms with Crippen LogP contribution in [0.15, 0.2) is 18.2 Å². The lowest BCUT2D eigenvalue weighted by atomic mass is 9.91. The predicted molar refractivity (Wildman–Crippen MR) is 73.7 cm³/mol. The Kier molecular flexibility index (Phi) is 5.32.